The van der Waals surface area contributed by atoms with E-state index in [1.54, 1.807) is 11.3 Å². The molecule has 3 rings (SSSR count). The van der Waals surface area contributed by atoms with Gasteiger partial charge in [-0.15, -0.1) is 11.3 Å². The molecule has 17 heavy (non-hydrogen) atoms. The number of fused-ring (bicyclic) bond motifs is 1. The summed E-state index contributed by atoms with van der Waals surface area (Å²) in [5.41, 5.74) is 4.93. The van der Waals surface area contributed by atoms with Crippen molar-refractivity contribution in [2.24, 2.45) is 0 Å². The number of thiazole rings is 1. The maximum atomic E-state index is 4.69. The molecule has 0 amide bonds. The third-order valence-electron chi connectivity index (χ3n) is 2.91. The van der Waals surface area contributed by atoms with Crippen LogP contribution in [0.5, 0.6) is 0 Å². The van der Waals surface area contributed by atoms with Gasteiger partial charge < -0.3 is 0 Å². The van der Waals surface area contributed by atoms with Crippen molar-refractivity contribution >= 4 is 21.6 Å². The van der Waals surface area contributed by atoms with E-state index in [0.717, 1.165) is 10.5 Å². The van der Waals surface area contributed by atoms with Gasteiger partial charge in [-0.3, -0.25) is 0 Å². The minimum atomic E-state index is 1.09. The van der Waals surface area contributed by atoms with Crippen molar-refractivity contribution in [2.45, 2.75) is 13.8 Å². The van der Waals surface area contributed by atoms with Gasteiger partial charge in [0.1, 0.15) is 5.01 Å². The normalized spacial score (nSPS) is 10.9. The van der Waals surface area contributed by atoms with Crippen LogP contribution >= 0.6 is 11.3 Å². The van der Waals surface area contributed by atoms with Crippen molar-refractivity contribution in [3.63, 3.8) is 0 Å². The van der Waals surface area contributed by atoms with Crippen LogP contribution in [-0.2, 0) is 0 Å². The molecule has 0 radical (unpaired) electrons. The minimum Gasteiger partial charge on any atom is -0.236 e. The second-order valence-electron chi connectivity index (χ2n) is 4.31. The van der Waals surface area contributed by atoms with Gasteiger partial charge in [0.25, 0.3) is 0 Å². The van der Waals surface area contributed by atoms with E-state index >= 15 is 0 Å². The standard InChI is InChI=1S/C15H13NS/c1-10-7-8-12(11(2)9-10)15-16-13-5-3-4-6-14(13)17-15/h3-9H,1-2H3. The number of aryl methyl sites for hydroxylation is 2. The van der Waals surface area contributed by atoms with Crippen LogP contribution in [0, 0.1) is 13.8 Å². The second kappa shape index (κ2) is 3.97. The summed E-state index contributed by atoms with van der Waals surface area (Å²) in [6.07, 6.45) is 0. The Morgan fingerprint density at radius 1 is 1.00 bits per heavy atom. The summed E-state index contributed by atoms with van der Waals surface area (Å²) < 4.78 is 1.25. The second-order valence-corrected chi connectivity index (χ2v) is 5.34. The highest BCUT2D eigenvalue weighted by atomic mass is 32.1. The van der Waals surface area contributed by atoms with E-state index in [0.29, 0.717) is 0 Å². The monoisotopic (exact) mass is 239 g/mol. The number of benzene rings is 2. The maximum absolute atomic E-state index is 4.69. The van der Waals surface area contributed by atoms with Gasteiger partial charge in [-0.2, -0.15) is 0 Å². The van der Waals surface area contributed by atoms with Gasteiger partial charge in [0, 0.05) is 5.56 Å². The summed E-state index contributed by atoms with van der Waals surface area (Å²) in [7, 11) is 0. The lowest BCUT2D eigenvalue weighted by atomic mass is 10.1. The van der Waals surface area contributed by atoms with Crippen molar-refractivity contribution in [1.82, 2.24) is 4.98 Å². The fraction of sp³-hybridized carbons (Fsp3) is 0.133. The number of aromatic nitrogens is 1. The molecule has 3 aromatic rings. The first-order valence-electron chi connectivity index (χ1n) is 5.67. The summed E-state index contributed by atoms with van der Waals surface area (Å²) in [4.78, 5) is 4.69. The number of nitrogens with zero attached hydrogens (tertiary/aromatic N) is 1. The van der Waals surface area contributed by atoms with Gasteiger partial charge in [0.2, 0.25) is 0 Å². The summed E-state index contributed by atoms with van der Waals surface area (Å²) >= 11 is 1.76. The van der Waals surface area contributed by atoms with Gasteiger partial charge in [0.15, 0.2) is 0 Å². The molecule has 2 heteroatoms. The van der Waals surface area contributed by atoms with E-state index in [9.17, 15) is 0 Å². The van der Waals surface area contributed by atoms with Crippen LogP contribution in [0.25, 0.3) is 20.8 Å². The van der Waals surface area contributed by atoms with E-state index < -0.39 is 0 Å². The Morgan fingerprint density at radius 3 is 2.59 bits per heavy atom. The third kappa shape index (κ3) is 1.85. The van der Waals surface area contributed by atoms with Crippen molar-refractivity contribution in [1.29, 1.82) is 0 Å². The first-order valence-corrected chi connectivity index (χ1v) is 6.49. The van der Waals surface area contributed by atoms with Crippen molar-refractivity contribution in [3.8, 4) is 10.6 Å². The zero-order valence-electron chi connectivity index (χ0n) is 9.90. The number of para-hydroxylation sites is 1. The number of hydrogen-bond acceptors (Lipinski definition) is 2. The molecular weight excluding hydrogens is 226 g/mol. The fourth-order valence-corrected chi connectivity index (χ4v) is 3.10. The smallest absolute Gasteiger partial charge is 0.124 e. The lowest BCUT2D eigenvalue weighted by Crippen LogP contribution is -1.83. The van der Waals surface area contributed by atoms with Crippen LogP contribution in [0.15, 0.2) is 42.5 Å². The number of rotatable bonds is 1. The van der Waals surface area contributed by atoms with E-state index in [4.69, 9.17) is 4.98 Å². The molecule has 1 nitrogen and oxygen atoms in total. The summed E-state index contributed by atoms with van der Waals surface area (Å²) in [6, 6.07) is 14.8. The molecule has 0 atom stereocenters. The average Bonchev–Trinajstić information content (AvgIpc) is 2.72. The van der Waals surface area contributed by atoms with Crippen molar-refractivity contribution in [2.75, 3.05) is 0 Å². The largest absolute Gasteiger partial charge is 0.236 e. The molecule has 0 aliphatic rings. The van der Waals surface area contributed by atoms with Crippen LogP contribution in [0.4, 0.5) is 0 Å². The molecule has 1 aromatic heterocycles. The van der Waals surface area contributed by atoms with Gasteiger partial charge >= 0.3 is 0 Å². The van der Waals surface area contributed by atoms with Crippen LogP contribution < -0.4 is 0 Å². The Labute approximate surface area is 105 Å². The van der Waals surface area contributed by atoms with Crippen molar-refractivity contribution < 1.29 is 0 Å². The third-order valence-corrected chi connectivity index (χ3v) is 3.98. The molecule has 0 N–H and O–H groups in total. The summed E-state index contributed by atoms with van der Waals surface area (Å²) in [6.45, 7) is 4.27. The van der Waals surface area contributed by atoms with Crippen LogP contribution in [-0.4, -0.2) is 4.98 Å². The molecule has 0 fully saturated rings. The molecule has 0 unspecified atom stereocenters. The molecule has 0 aliphatic heterocycles. The average molecular weight is 239 g/mol. The predicted octanol–water partition coefficient (Wildman–Crippen LogP) is 4.58. The highest BCUT2D eigenvalue weighted by Gasteiger charge is 2.07. The lowest BCUT2D eigenvalue weighted by Gasteiger charge is -2.02. The van der Waals surface area contributed by atoms with Crippen molar-refractivity contribution in [3.05, 3.63) is 53.6 Å². The topological polar surface area (TPSA) is 12.9 Å². The van der Waals surface area contributed by atoms with E-state index in [1.807, 2.05) is 6.07 Å². The van der Waals surface area contributed by atoms with Gasteiger partial charge in [0.05, 0.1) is 10.2 Å². The van der Waals surface area contributed by atoms with Gasteiger partial charge in [-0.25, -0.2) is 4.98 Å². The Kier molecular flexibility index (Phi) is 2.45. The highest BCUT2D eigenvalue weighted by Crippen LogP contribution is 2.32. The molecule has 0 saturated heterocycles. The number of hydrogen-bond donors (Lipinski definition) is 0. The van der Waals surface area contributed by atoms with Crippen LogP contribution in [0.1, 0.15) is 11.1 Å². The summed E-state index contributed by atoms with van der Waals surface area (Å²) in [5, 5.41) is 1.11. The molecular formula is C15H13NS. The maximum Gasteiger partial charge on any atom is 0.124 e. The zero-order chi connectivity index (χ0) is 11.8. The minimum absolute atomic E-state index is 1.09. The Bertz CT molecular complexity index is 649. The molecule has 0 bridgehead atoms. The molecule has 1 heterocycles. The summed E-state index contributed by atoms with van der Waals surface area (Å²) in [5.74, 6) is 0. The van der Waals surface area contributed by atoms with Crippen LogP contribution in [0.3, 0.4) is 0 Å². The highest BCUT2D eigenvalue weighted by molar-refractivity contribution is 7.21. The SMILES string of the molecule is Cc1ccc(-c2nc3ccccc3s2)c(C)c1. The van der Waals surface area contributed by atoms with E-state index in [1.165, 1.54) is 21.4 Å². The Balaban J connectivity index is 2.20. The van der Waals surface area contributed by atoms with Gasteiger partial charge in [-0.1, -0.05) is 35.9 Å². The first-order chi connectivity index (χ1) is 8.24. The molecule has 0 spiro atoms. The van der Waals surface area contributed by atoms with Crippen LogP contribution in [0.2, 0.25) is 0 Å². The van der Waals surface area contributed by atoms with E-state index in [-0.39, 0.29) is 0 Å². The lowest BCUT2D eigenvalue weighted by molar-refractivity contribution is 1.36. The molecule has 0 saturated carbocycles. The quantitative estimate of drug-likeness (QED) is 0.605. The van der Waals surface area contributed by atoms with Gasteiger partial charge in [-0.05, 0) is 31.5 Å². The zero-order valence-corrected chi connectivity index (χ0v) is 10.7. The first kappa shape index (κ1) is 10.5. The molecule has 2 aromatic carbocycles. The fourth-order valence-electron chi connectivity index (χ4n) is 2.04. The Morgan fingerprint density at radius 2 is 1.82 bits per heavy atom. The molecule has 84 valence electrons. The predicted molar refractivity (Wildman–Crippen MR) is 74.5 cm³/mol. The Hall–Kier alpha value is -1.67. The molecule has 0 aliphatic carbocycles. The van der Waals surface area contributed by atoms with E-state index in [2.05, 4.69) is 50.2 Å².